The topological polar surface area (TPSA) is 93.9 Å². The standard InChI is InChI=1S/C23H20FN3O5/c24-16-2-4-18(5-3-16)27-13-15(10-22(27)28)23(29)25-12-17-11-20(32-26-17)14-1-6-19-21(9-14)31-8-7-30-19/h1-6,9,11,15H,7-8,10,12-13H2,(H,25,29). The average molecular weight is 437 g/mol. The normalized spacial score (nSPS) is 17.5. The fourth-order valence-electron chi connectivity index (χ4n) is 3.80. The number of hydrogen-bond acceptors (Lipinski definition) is 6. The number of nitrogens with one attached hydrogen (secondary N) is 1. The van der Waals surface area contributed by atoms with Crippen LogP contribution in [0.4, 0.5) is 10.1 Å². The van der Waals surface area contributed by atoms with E-state index in [4.69, 9.17) is 14.0 Å². The van der Waals surface area contributed by atoms with Crippen molar-refractivity contribution in [1.29, 1.82) is 0 Å². The van der Waals surface area contributed by atoms with Gasteiger partial charge in [0.2, 0.25) is 11.8 Å². The van der Waals surface area contributed by atoms with E-state index in [2.05, 4.69) is 10.5 Å². The number of benzene rings is 2. The molecule has 0 bridgehead atoms. The van der Waals surface area contributed by atoms with Gasteiger partial charge in [0.1, 0.15) is 24.7 Å². The highest BCUT2D eigenvalue weighted by atomic mass is 19.1. The minimum absolute atomic E-state index is 0.102. The van der Waals surface area contributed by atoms with Gasteiger partial charge in [0.05, 0.1) is 12.5 Å². The number of anilines is 1. The zero-order valence-corrected chi connectivity index (χ0v) is 17.0. The van der Waals surface area contributed by atoms with Crippen LogP contribution in [0.3, 0.4) is 0 Å². The molecule has 9 heteroatoms. The summed E-state index contributed by atoms with van der Waals surface area (Å²) in [7, 11) is 0. The molecule has 1 atom stereocenters. The second kappa shape index (κ2) is 8.33. The molecule has 2 aliphatic rings. The maximum atomic E-state index is 13.1. The largest absolute Gasteiger partial charge is 0.486 e. The SMILES string of the molecule is O=C(NCc1cc(-c2ccc3c(c2)OCCO3)on1)C1CC(=O)N(c2ccc(F)cc2)C1. The van der Waals surface area contributed by atoms with E-state index in [-0.39, 0.29) is 37.1 Å². The Kier molecular flexibility index (Phi) is 5.22. The molecule has 0 saturated carbocycles. The van der Waals surface area contributed by atoms with E-state index in [0.717, 1.165) is 5.56 Å². The number of nitrogens with zero attached hydrogens (tertiary/aromatic N) is 2. The van der Waals surface area contributed by atoms with Crippen molar-refractivity contribution in [2.24, 2.45) is 5.92 Å². The number of rotatable bonds is 5. The summed E-state index contributed by atoms with van der Waals surface area (Å²) in [6.45, 7) is 1.44. The van der Waals surface area contributed by atoms with Crippen LogP contribution in [-0.2, 0) is 16.1 Å². The molecule has 1 N–H and O–H groups in total. The quantitative estimate of drug-likeness (QED) is 0.660. The summed E-state index contributed by atoms with van der Waals surface area (Å²) >= 11 is 0. The first kappa shape index (κ1) is 20.0. The van der Waals surface area contributed by atoms with Crippen molar-refractivity contribution >= 4 is 17.5 Å². The summed E-state index contributed by atoms with van der Waals surface area (Å²) in [6.07, 6.45) is 0.102. The van der Waals surface area contributed by atoms with Gasteiger partial charge >= 0.3 is 0 Å². The molecular formula is C23H20FN3O5. The molecule has 2 aromatic carbocycles. The summed E-state index contributed by atoms with van der Waals surface area (Å²) in [5.74, 6) is 0.606. The van der Waals surface area contributed by atoms with E-state index < -0.39 is 5.92 Å². The number of fused-ring (bicyclic) bond motifs is 1. The zero-order valence-electron chi connectivity index (χ0n) is 17.0. The fourth-order valence-corrected chi connectivity index (χ4v) is 3.80. The van der Waals surface area contributed by atoms with Crippen LogP contribution in [0.5, 0.6) is 11.5 Å². The van der Waals surface area contributed by atoms with E-state index in [1.165, 1.54) is 29.2 Å². The molecule has 1 unspecified atom stereocenters. The lowest BCUT2D eigenvalue weighted by atomic mass is 10.1. The van der Waals surface area contributed by atoms with E-state index in [1.54, 1.807) is 6.07 Å². The highest BCUT2D eigenvalue weighted by Crippen LogP contribution is 2.34. The number of ether oxygens (including phenoxy) is 2. The highest BCUT2D eigenvalue weighted by molar-refractivity contribution is 6.00. The number of carbonyl (C=O) groups is 2. The molecule has 1 fully saturated rings. The Morgan fingerprint density at radius 2 is 1.88 bits per heavy atom. The van der Waals surface area contributed by atoms with Crippen LogP contribution in [0, 0.1) is 11.7 Å². The summed E-state index contributed by atoms with van der Waals surface area (Å²) in [4.78, 5) is 26.4. The second-order valence-corrected chi connectivity index (χ2v) is 7.64. The molecule has 1 aromatic heterocycles. The molecule has 32 heavy (non-hydrogen) atoms. The van der Waals surface area contributed by atoms with Crippen molar-refractivity contribution in [2.45, 2.75) is 13.0 Å². The molecule has 3 aromatic rings. The Morgan fingerprint density at radius 3 is 2.69 bits per heavy atom. The number of hydrogen-bond donors (Lipinski definition) is 1. The van der Waals surface area contributed by atoms with Crippen molar-refractivity contribution in [1.82, 2.24) is 10.5 Å². The molecule has 5 rings (SSSR count). The van der Waals surface area contributed by atoms with Gasteiger partial charge in [-0.25, -0.2) is 4.39 Å². The predicted molar refractivity (Wildman–Crippen MR) is 112 cm³/mol. The van der Waals surface area contributed by atoms with Crippen molar-refractivity contribution in [3.63, 3.8) is 0 Å². The minimum atomic E-state index is -0.489. The first-order valence-corrected chi connectivity index (χ1v) is 10.3. The van der Waals surface area contributed by atoms with Gasteiger partial charge in [0.25, 0.3) is 0 Å². The number of aromatic nitrogens is 1. The number of halogens is 1. The lowest BCUT2D eigenvalue weighted by molar-refractivity contribution is -0.126. The molecule has 2 amide bonds. The molecule has 0 radical (unpaired) electrons. The van der Waals surface area contributed by atoms with Crippen molar-refractivity contribution in [3.05, 3.63) is 60.0 Å². The van der Waals surface area contributed by atoms with Crippen LogP contribution in [-0.4, -0.2) is 36.7 Å². The second-order valence-electron chi connectivity index (χ2n) is 7.64. The van der Waals surface area contributed by atoms with Gasteiger partial charge in [-0.2, -0.15) is 0 Å². The smallest absolute Gasteiger partial charge is 0.227 e. The Balaban J connectivity index is 1.19. The summed E-state index contributed by atoms with van der Waals surface area (Å²) in [5, 5.41) is 6.83. The van der Waals surface area contributed by atoms with Gasteiger partial charge < -0.3 is 24.2 Å². The predicted octanol–water partition coefficient (Wildman–Crippen LogP) is 2.92. The van der Waals surface area contributed by atoms with Crippen molar-refractivity contribution in [2.75, 3.05) is 24.7 Å². The third-order valence-electron chi connectivity index (χ3n) is 5.46. The highest BCUT2D eigenvalue weighted by Gasteiger charge is 2.35. The number of carbonyl (C=O) groups excluding carboxylic acids is 2. The molecule has 164 valence electrons. The molecular weight excluding hydrogens is 417 g/mol. The maximum Gasteiger partial charge on any atom is 0.227 e. The summed E-state index contributed by atoms with van der Waals surface area (Å²) in [5.41, 5.74) is 1.92. The Hall–Kier alpha value is -3.88. The van der Waals surface area contributed by atoms with Crippen molar-refractivity contribution < 1.29 is 28.0 Å². The van der Waals surface area contributed by atoms with Crippen LogP contribution >= 0.6 is 0 Å². The van der Waals surface area contributed by atoms with Gasteiger partial charge in [-0.1, -0.05) is 5.16 Å². The molecule has 0 aliphatic carbocycles. The third-order valence-corrected chi connectivity index (χ3v) is 5.46. The molecule has 2 aliphatic heterocycles. The first-order chi connectivity index (χ1) is 15.6. The van der Waals surface area contributed by atoms with Gasteiger partial charge in [-0.15, -0.1) is 0 Å². The van der Waals surface area contributed by atoms with E-state index >= 15 is 0 Å². The van der Waals surface area contributed by atoms with Gasteiger partial charge in [0.15, 0.2) is 17.3 Å². The van der Waals surface area contributed by atoms with E-state index in [0.29, 0.717) is 41.9 Å². The monoisotopic (exact) mass is 437 g/mol. The summed E-state index contributed by atoms with van der Waals surface area (Å²) in [6, 6.07) is 12.9. The zero-order chi connectivity index (χ0) is 22.1. The van der Waals surface area contributed by atoms with Gasteiger partial charge in [-0.3, -0.25) is 9.59 Å². The lowest BCUT2D eigenvalue weighted by Crippen LogP contribution is -2.32. The number of amides is 2. The Morgan fingerprint density at radius 1 is 1.09 bits per heavy atom. The molecule has 3 heterocycles. The third kappa shape index (κ3) is 4.01. The van der Waals surface area contributed by atoms with Crippen molar-refractivity contribution in [3.8, 4) is 22.8 Å². The minimum Gasteiger partial charge on any atom is -0.486 e. The average Bonchev–Trinajstić information content (AvgIpc) is 3.45. The van der Waals surface area contributed by atoms with Gasteiger partial charge in [-0.05, 0) is 42.5 Å². The molecule has 0 spiro atoms. The molecule has 1 saturated heterocycles. The maximum absolute atomic E-state index is 13.1. The van der Waals surface area contributed by atoms with Crippen LogP contribution in [0.25, 0.3) is 11.3 Å². The van der Waals surface area contributed by atoms with Crippen LogP contribution in [0.1, 0.15) is 12.1 Å². The molecule has 8 nitrogen and oxygen atoms in total. The van der Waals surface area contributed by atoms with Crippen LogP contribution < -0.4 is 19.7 Å². The Bertz CT molecular complexity index is 1160. The van der Waals surface area contributed by atoms with Crippen LogP contribution in [0.2, 0.25) is 0 Å². The van der Waals surface area contributed by atoms with E-state index in [9.17, 15) is 14.0 Å². The van der Waals surface area contributed by atoms with Gasteiger partial charge in [0, 0.05) is 30.3 Å². The van der Waals surface area contributed by atoms with Crippen LogP contribution in [0.15, 0.2) is 53.1 Å². The summed E-state index contributed by atoms with van der Waals surface area (Å²) < 4.78 is 29.6. The fraction of sp³-hybridized carbons (Fsp3) is 0.261. The van der Waals surface area contributed by atoms with E-state index in [1.807, 2.05) is 18.2 Å². The lowest BCUT2D eigenvalue weighted by Gasteiger charge is -2.18. The first-order valence-electron chi connectivity index (χ1n) is 10.3. The Labute approximate surface area is 182 Å².